The first-order valence-corrected chi connectivity index (χ1v) is 5.76. The molecule has 1 atom stereocenters. The van der Waals surface area contributed by atoms with Gasteiger partial charge in [-0.3, -0.25) is 0 Å². The summed E-state index contributed by atoms with van der Waals surface area (Å²) in [6.45, 7) is -0.0120. The third-order valence-corrected chi connectivity index (χ3v) is 3.44. The van der Waals surface area contributed by atoms with Crippen LogP contribution in [0.25, 0.3) is 0 Å². The summed E-state index contributed by atoms with van der Waals surface area (Å²) in [7, 11) is 0. The lowest BCUT2D eigenvalue weighted by Gasteiger charge is -2.23. The van der Waals surface area contributed by atoms with E-state index in [1.165, 1.54) is 12.1 Å². The van der Waals surface area contributed by atoms with Crippen molar-refractivity contribution in [3.63, 3.8) is 0 Å². The smallest absolute Gasteiger partial charge is 0.142 e. The highest BCUT2D eigenvalue weighted by Crippen LogP contribution is 2.43. The third-order valence-electron chi connectivity index (χ3n) is 3.13. The van der Waals surface area contributed by atoms with Crippen LogP contribution in [0.2, 0.25) is 5.02 Å². The fraction of sp³-hybridized carbons (Fsp3) is 0.500. The molecule has 2 rings (SSSR count). The maximum Gasteiger partial charge on any atom is 0.142 e. The molecule has 4 heteroatoms. The first kappa shape index (κ1) is 11.8. The molecule has 1 aliphatic rings. The molecule has 1 aliphatic carbocycles. The van der Waals surface area contributed by atoms with Gasteiger partial charge in [0.2, 0.25) is 0 Å². The first-order valence-electron chi connectivity index (χ1n) is 5.38. The highest BCUT2D eigenvalue weighted by atomic mass is 35.5. The van der Waals surface area contributed by atoms with Crippen LogP contribution >= 0.6 is 11.6 Å². The average molecular weight is 246 g/mol. The van der Waals surface area contributed by atoms with Gasteiger partial charge in [0.1, 0.15) is 11.5 Å². The Hall–Kier alpha value is -0.670. The summed E-state index contributed by atoms with van der Waals surface area (Å²) in [4.78, 5) is 0. The molecule has 1 nitrogen and oxygen atoms in total. The lowest BCUT2D eigenvalue weighted by molar-refractivity contribution is 0.142. The molecule has 16 heavy (non-hydrogen) atoms. The Bertz CT molecular complexity index is 393. The highest BCUT2D eigenvalue weighted by Gasteiger charge is 2.44. The molecule has 1 aromatic carbocycles. The molecular formula is C12H14ClF2N. The second kappa shape index (κ2) is 4.30. The van der Waals surface area contributed by atoms with E-state index in [1.807, 2.05) is 0 Å². The van der Waals surface area contributed by atoms with Crippen LogP contribution in [0, 0.1) is 11.7 Å². The van der Waals surface area contributed by atoms with Gasteiger partial charge in [-0.25, -0.2) is 8.78 Å². The topological polar surface area (TPSA) is 26.0 Å². The standard InChI is InChI=1S/C12H14ClF2N/c13-10-4-1-8(5-11(10)14)6-12(15,7-16)9-2-3-9/h1,4-5,9H,2-3,6-7,16H2. The van der Waals surface area contributed by atoms with Crippen molar-refractivity contribution < 1.29 is 8.78 Å². The number of rotatable bonds is 4. The molecule has 0 aliphatic heterocycles. The number of hydrogen-bond acceptors (Lipinski definition) is 1. The van der Waals surface area contributed by atoms with Crippen LogP contribution < -0.4 is 5.73 Å². The summed E-state index contributed by atoms with van der Waals surface area (Å²) < 4.78 is 27.5. The monoisotopic (exact) mass is 245 g/mol. The summed E-state index contributed by atoms with van der Waals surface area (Å²) in [6, 6.07) is 4.39. The maximum absolute atomic E-state index is 14.3. The van der Waals surface area contributed by atoms with E-state index in [9.17, 15) is 8.78 Å². The molecule has 0 radical (unpaired) electrons. The van der Waals surface area contributed by atoms with Crippen LogP contribution in [-0.2, 0) is 6.42 Å². The van der Waals surface area contributed by atoms with Crippen LogP contribution in [0.4, 0.5) is 8.78 Å². The zero-order valence-electron chi connectivity index (χ0n) is 8.85. The second-order valence-corrected chi connectivity index (χ2v) is 4.85. The van der Waals surface area contributed by atoms with Gasteiger partial charge in [0.15, 0.2) is 0 Å². The number of nitrogens with two attached hydrogens (primary N) is 1. The van der Waals surface area contributed by atoms with Crippen molar-refractivity contribution in [2.75, 3.05) is 6.54 Å². The third kappa shape index (κ3) is 2.36. The minimum atomic E-state index is -1.39. The minimum absolute atomic E-state index is 0.0120. The van der Waals surface area contributed by atoms with Gasteiger partial charge in [0.25, 0.3) is 0 Å². The largest absolute Gasteiger partial charge is 0.328 e. The van der Waals surface area contributed by atoms with Crippen molar-refractivity contribution in [3.8, 4) is 0 Å². The van der Waals surface area contributed by atoms with Crippen molar-refractivity contribution in [2.45, 2.75) is 24.9 Å². The van der Waals surface area contributed by atoms with Crippen molar-refractivity contribution in [1.82, 2.24) is 0 Å². The Balaban J connectivity index is 2.15. The SMILES string of the molecule is NCC(F)(Cc1ccc(Cl)c(F)c1)C1CC1. The molecule has 1 fully saturated rings. The molecule has 0 saturated heterocycles. The first-order chi connectivity index (χ1) is 7.55. The molecule has 0 heterocycles. The molecule has 2 N–H and O–H groups in total. The molecule has 1 saturated carbocycles. The molecule has 0 spiro atoms. The maximum atomic E-state index is 14.3. The quantitative estimate of drug-likeness (QED) is 0.867. The molecule has 1 aromatic rings. The van der Waals surface area contributed by atoms with Gasteiger partial charge < -0.3 is 5.73 Å². The number of alkyl halides is 1. The van der Waals surface area contributed by atoms with Crippen LogP contribution in [0.15, 0.2) is 18.2 Å². The van der Waals surface area contributed by atoms with Gasteiger partial charge in [0.05, 0.1) is 5.02 Å². The van der Waals surface area contributed by atoms with E-state index in [-0.39, 0.29) is 23.9 Å². The van der Waals surface area contributed by atoms with Gasteiger partial charge in [-0.05, 0) is 36.5 Å². The van der Waals surface area contributed by atoms with Gasteiger partial charge >= 0.3 is 0 Å². The summed E-state index contributed by atoms with van der Waals surface area (Å²) in [6.07, 6.45) is 1.93. The normalized spacial score (nSPS) is 19.5. The molecule has 0 amide bonds. The number of benzene rings is 1. The molecule has 1 unspecified atom stereocenters. The lowest BCUT2D eigenvalue weighted by Crippen LogP contribution is -2.37. The van der Waals surface area contributed by atoms with Crippen LogP contribution in [0.3, 0.4) is 0 Å². The Labute approximate surface area is 98.6 Å². The molecule has 0 bridgehead atoms. The van der Waals surface area contributed by atoms with Gasteiger partial charge in [-0.15, -0.1) is 0 Å². The Morgan fingerprint density at radius 1 is 1.44 bits per heavy atom. The second-order valence-electron chi connectivity index (χ2n) is 4.44. The van der Waals surface area contributed by atoms with E-state index in [4.69, 9.17) is 17.3 Å². The predicted molar refractivity (Wildman–Crippen MR) is 60.7 cm³/mol. The van der Waals surface area contributed by atoms with Crippen LogP contribution in [0.1, 0.15) is 18.4 Å². The van der Waals surface area contributed by atoms with Gasteiger partial charge in [-0.2, -0.15) is 0 Å². The van der Waals surface area contributed by atoms with Gasteiger partial charge in [-0.1, -0.05) is 17.7 Å². The predicted octanol–water partition coefficient (Wildman–Crippen LogP) is 3.10. The fourth-order valence-corrected chi connectivity index (χ4v) is 2.09. The van der Waals surface area contributed by atoms with Gasteiger partial charge in [0, 0.05) is 13.0 Å². The summed E-state index contributed by atoms with van der Waals surface area (Å²) in [5.74, 6) is -0.467. The van der Waals surface area contributed by atoms with E-state index in [2.05, 4.69) is 0 Å². The zero-order valence-corrected chi connectivity index (χ0v) is 9.61. The van der Waals surface area contributed by atoms with Crippen LogP contribution in [0.5, 0.6) is 0 Å². The van der Waals surface area contributed by atoms with E-state index in [0.717, 1.165) is 12.8 Å². The minimum Gasteiger partial charge on any atom is -0.328 e. The van der Waals surface area contributed by atoms with Crippen molar-refractivity contribution in [3.05, 3.63) is 34.6 Å². The molecule has 88 valence electrons. The summed E-state index contributed by atoms with van der Waals surface area (Å²) in [5.41, 5.74) is 4.69. The number of halogens is 3. The Morgan fingerprint density at radius 2 is 2.12 bits per heavy atom. The Kier molecular flexibility index (Phi) is 3.17. The van der Waals surface area contributed by atoms with E-state index < -0.39 is 11.5 Å². The average Bonchev–Trinajstić information content (AvgIpc) is 3.07. The van der Waals surface area contributed by atoms with E-state index in [1.54, 1.807) is 6.07 Å². The summed E-state index contributed by atoms with van der Waals surface area (Å²) >= 11 is 5.57. The zero-order chi connectivity index (χ0) is 11.8. The highest BCUT2D eigenvalue weighted by molar-refractivity contribution is 6.30. The number of hydrogen-bond donors (Lipinski definition) is 1. The van der Waals surface area contributed by atoms with E-state index in [0.29, 0.717) is 5.56 Å². The van der Waals surface area contributed by atoms with Crippen LogP contribution in [-0.4, -0.2) is 12.2 Å². The fourth-order valence-electron chi connectivity index (χ4n) is 1.97. The lowest BCUT2D eigenvalue weighted by atomic mass is 9.91. The summed E-state index contributed by atoms with van der Waals surface area (Å²) in [5, 5.41) is 0.0624. The molecular weight excluding hydrogens is 232 g/mol. The molecule has 0 aromatic heterocycles. The van der Waals surface area contributed by atoms with Crippen molar-refractivity contribution >= 4 is 11.6 Å². The Morgan fingerprint density at radius 3 is 2.62 bits per heavy atom. The van der Waals surface area contributed by atoms with Crippen molar-refractivity contribution in [1.29, 1.82) is 0 Å². The van der Waals surface area contributed by atoms with E-state index >= 15 is 0 Å². The van der Waals surface area contributed by atoms with Crippen molar-refractivity contribution in [2.24, 2.45) is 11.7 Å².